The molecule has 180 valence electrons. The minimum absolute atomic E-state index is 0.0521. The summed E-state index contributed by atoms with van der Waals surface area (Å²) in [6, 6.07) is 15.5. The van der Waals surface area contributed by atoms with Crippen LogP contribution in [0.4, 0.5) is 9.93 Å². The highest BCUT2D eigenvalue weighted by molar-refractivity contribution is 7.17. The van der Waals surface area contributed by atoms with Crippen molar-refractivity contribution in [1.29, 1.82) is 0 Å². The molecular weight excluding hydrogens is 470 g/mol. The number of benzene rings is 2. The van der Waals surface area contributed by atoms with Gasteiger partial charge in [0.1, 0.15) is 17.4 Å². The minimum atomic E-state index is -1.02. The first-order valence-corrected chi connectivity index (χ1v) is 11.9. The van der Waals surface area contributed by atoms with Crippen LogP contribution in [0.1, 0.15) is 32.4 Å². The molecule has 1 aliphatic heterocycles. The lowest BCUT2D eigenvalue weighted by Crippen LogP contribution is -2.42. The summed E-state index contributed by atoms with van der Waals surface area (Å²) >= 11 is 1.00. The van der Waals surface area contributed by atoms with E-state index in [4.69, 9.17) is 9.47 Å². The monoisotopic (exact) mass is 493 g/mol. The van der Waals surface area contributed by atoms with Gasteiger partial charge in [0.25, 0.3) is 5.91 Å². The lowest BCUT2D eigenvalue weighted by atomic mass is 9.98. The minimum Gasteiger partial charge on any atom is -0.481 e. The summed E-state index contributed by atoms with van der Waals surface area (Å²) in [5, 5.41) is 14.8. The molecule has 1 saturated heterocycles. The summed E-state index contributed by atoms with van der Waals surface area (Å²) in [5.41, 5.74) is 4.93. The molecule has 5 rings (SSSR count). The number of carboxylic acids is 1. The second kappa shape index (κ2) is 9.47. The lowest BCUT2D eigenvalue weighted by Gasteiger charge is -2.15. The third-order valence-electron chi connectivity index (χ3n) is 6.27. The zero-order chi connectivity index (χ0) is 24.5. The number of thiazole rings is 1. The van der Waals surface area contributed by atoms with E-state index in [-0.39, 0.29) is 35.7 Å². The van der Waals surface area contributed by atoms with Crippen molar-refractivity contribution in [3.8, 4) is 11.1 Å². The third kappa shape index (κ3) is 4.50. The highest BCUT2D eigenvalue weighted by Gasteiger charge is 2.36. The Kier molecular flexibility index (Phi) is 6.23. The first-order valence-electron chi connectivity index (χ1n) is 11.1. The van der Waals surface area contributed by atoms with Crippen molar-refractivity contribution in [2.45, 2.75) is 18.9 Å². The van der Waals surface area contributed by atoms with Crippen molar-refractivity contribution < 1.29 is 29.0 Å². The highest BCUT2D eigenvalue weighted by Crippen LogP contribution is 2.44. The summed E-state index contributed by atoms with van der Waals surface area (Å²) in [6.07, 6.45) is -0.664. The van der Waals surface area contributed by atoms with Crippen molar-refractivity contribution in [2.24, 2.45) is 5.92 Å². The van der Waals surface area contributed by atoms with Crippen LogP contribution in [-0.2, 0) is 14.3 Å². The zero-order valence-corrected chi connectivity index (χ0v) is 19.6. The van der Waals surface area contributed by atoms with Crippen molar-refractivity contribution >= 4 is 34.4 Å². The molecular formula is C25H23N3O6S. The van der Waals surface area contributed by atoms with Crippen LogP contribution in [0.5, 0.6) is 0 Å². The highest BCUT2D eigenvalue weighted by atomic mass is 32.1. The van der Waals surface area contributed by atoms with Crippen LogP contribution >= 0.6 is 11.3 Å². The summed E-state index contributed by atoms with van der Waals surface area (Å²) in [4.78, 5) is 41.1. The summed E-state index contributed by atoms with van der Waals surface area (Å²) in [5.74, 6) is -2.34. The van der Waals surface area contributed by atoms with Gasteiger partial charge in [-0.3, -0.25) is 14.9 Å². The van der Waals surface area contributed by atoms with Crippen LogP contribution in [0.15, 0.2) is 48.5 Å². The fraction of sp³-hybridized carbons (Fsp3) is 0.280. The maximum atomic E-state index is 12.7. The number of ether oxygens (including phenoxy) is 2. The molecule has 0 bridgehead atoms. The molecule has 1 aliphatic carbocycles. The van der Waals surface area contributed by atoms with Crippen LogP contribution in [0.25, 0.3) is 11.1 Å². The van der Waals surface area contributed by atoms with Crippen molar-refractivity contribution in [2.75, 3.05) is 25.1 Å². The molecule has 1 aromatic heterocycles. The zero-order valence-electron chi connectivity index (χ0n) is 18.8. The quantitative estimate of drug-likeness (QED) is 0.478. The standard InChI is InChI=1S/C25H23N3O6S/c1-13-21(22(29)27-20-12-33-10-19(20)23(30)31)35-24(26-13)28-25(32)34-11-18-16-8-4-2-6-14(16)15-7-3-5-9-17(15)18/h2-9,18-20H,10-12H2,1H3,(H,27,29)(H,30,31)(H,26,28,32). The van der Waals surface area contributed by atoms with Crippen LogP contribution in [-0.4, -0.2) is 53.9 Å². The molecule has 3 aromatic rings. The van der Waals surface area contributed by atoms with E-state index in [1.165, 1.54) is 0 Å². The molecule has 3 N–H and O–H groups in total. The van der Waals surface area contributed by atoms with E-state index in [2.05, 4.69) is 27.8 Å². The van der Waals surface area contributed by atoms with Crippen LogP contribution in [0, 0.1) is 12.8 Å². The number of aromatic nitrogens is 1. The van der Waals surface area contributed by atoms with Gasteiger partial charge in [0.05, 0.1) is 24.9 Å². The molecule has 0 radical (unpaired) electrons. The molecule has 2 atom stereocenters. The number of carbonyl (C=O) groups excluding carboxylic acids is 2. The van der Waals surface area contributed by atoms with E-state index in [0.717, 1.165) is 33.6 Å². The van der Waals surface area contributed by atoms with E-state index in [1.807, 2.05) is 36.4 Å². The van der Waals surface area contributed by atoms with Crippen LogP contribution < -0.4 is 10.6 Å². The smallest absolute Gasteiger partial charge is 0.413 e. The number of hydrogen-bond donors (Lipinski definition) is 3. The molecule has 0 spiro atoms. The molecule has 0 saturated carbocycles. The molecule has 1 fully saturated rings. The van der Waals surface area contributed by atoms with Gasteiger partial charge in [-0.05, 0) is 29.2 Å². The van der Waals surface area contributed by atoms with E-state index in [1.54, 1.807) is 6.92 Å². The van der Waals surface area contributed by atoms with Gasteiger partial charge in [-0.1, -0.05) is 59.9 Å². The van der Waals surface area contributed by atoms with E-state index < -0.39 is 29.9 Å². The number of anilines is 1. The largest absolute Gasteiger partial charge is 0.481 e. The van der Waals surface area contributed by atoms with E-state index in [0.29, 0.717) is 5.69 Å². The summed E-state index contributed by atoms with van der Waals surface area (Å²) in [6.45, 7) is 1.99. The first kappa shape index (κ1) is 23.0. The number of amides is 2. The van der Waals surface area contributed by atoms with Gasteiger partial charge >= 0.3 is 12.1 Å². The number of aliphatic carboxylic acids is 1. The Hall–Kier alpha value is -3.76. The van der Waals surface area contributed by atoms with Gasteiger partial charge in [0.15, 0.2) is 5.13 Å². The number of rotatable bonds is 6. The Balaban J connectivity index is 1.22. The molecule has 9 nitrogen and oxygen atoms in total. The number of nitrogens with one attached hydrogen (secondary N) is 2. The fourth-order valence-electron chi connectivity index (χ4n) is 4.56. The molecule has 10 heteroatoms. The average Bonchev–Trinajstić information content (AvgIpc) is 3.53. The van der Waals surface area contributed by atoms with Gasteiger partial charge in [0.2, 0.25) is 0 Å². The number of hydrogen-bond acceptors (Lipinski definition) is 7. The Bertz CT molecular complexity index is 1260. The lowest BCUT2D eigenvalue weighted by molar-refractivity contribution is -0.142. The van der Waals surface area contributed by atoms with Crippen LogP contribution in [0.2, 0.25) is 0 Å². The number of carboxylic acid groups (broad SMARTS) is 1. The number of aryl methyl sites for hydroxylation is 1. The predicted octanol–water partition coefficient (Wildman–Crippen LogP) is 3.64. The van der Waals surface area contributed by atoms with Gasteiger partial charge in [-0.15, -0.1) is 0 Å². The second-order valence-electron chi connectivity index (χ2n) is 8.45. The number of carbonyl (C=O) groups is 3. The Labute approximate surface area is 205 Å². The van der Waals surface area contributed by atoms with Crippen molar-refractivity contribution in [1.82, 2.24) is 10.3 Å². The van der Waals surface area contributed by atoms with Gasteiger partial charge in [-0.25, -0.2) is 9.78 Å². The SMILES string of the molecule is Cc1nc(NC(=O)OCC2c3ccccc3-c3ccccc32)sc1C(=O)NC1COCC1C(=O)O. The Morgan fingerprint density at radius 2 is 1.74 bits per heavy atom. The molecule has 35 heavy (non-hydrogen) atoms. The van der Waals surface area contributed by atoms with E-state index >= 15 is 0 Å². The Morgan fingerprint density at radius 1 is 1.09 bits per heavy atom. The van der Waals surface area contributed by atoms with E-state index in [9.17, 15) is 19.5 Å². The normalized spacial score (nSPS) is 18.5. The van der Waals surface area contributed by atoms with Gasteiger partial charge in [-0.2, -0.15) is 0 Å². The Morgan fingerprint density at radius 3 is 2.40 bits per heavy atom. The van der Waals surface area contributed by atoms with Gasteiger partial charge in [0, 0.05) is 5.92 Å². The fourth-order valence-corrected chi connectivity index (χ4v) is 5.41. The predicted molar refractivity (Wildman–Crippen MR) is 129 cm³/mol. The maximum absolute atomic E-state index is 12.7. The second-order valence-corrected chi connectivity index (χ2v) is 9.45. The molecule has 2 amide bonds. The van der Waals surface area contributed by atoms with Crippen molar-refractivity contribution in [3.05, 3.63) is 70.2 Å². The summed E-state index contributed by atoms with van der Waals surface area (Å²) < 4.78 is 10.7. The number of nitrogens with zero attached hydrogens (tertiary/aromatic N) is 1. The molecule has 2 aliphatic rings. The maximum Gasteiger partial charge on any atom is 0.413 e. The number of fused-ring (bicyclic) bond motifs is 3. The van der Waals surface area contributed by atoms with Crippen molar-refractivity contribution in [3.63, 3.8) is 0 Å². The molecule has 2 aromatic carbocycles. The summed E-state index contributed by atoms with van der Waals surface area (Å²) in [7, 11) is 0. The topological polar surface area (TPSA) is 127 Å². The average molecular weight is 494 g/mol. The molecule has 2 unspecified atom stereocenters. The van der Waals surface area contributed by atoms with Crippen LogP contribution in [0.3, 0.4) is 0 Å². The van der Waals surface area contributed by atoms with Gasteiger partial charge < -0.3 is 19.9 Å². The first-order chi connectivity index (χ1) is 16.9. The third-order valence-corrected chi connectivity index (χ3v) is 7.34. The molecule has 2 heterocycles.